The van der Waals surface area contributed by atoms with Crippen molar-refractivity contribution in [3.05, 3.63) is 60.2 Å². The minimum absolute atomic E-state index is 0.152. The van der Waals surface area contributed by atoms with Gasteiger partial charge in [-0.2, -0.15) is 18.2 Å². The number of nitrogens with zero attached hydrogens (tertiary/aromatic N) is 4. The summed E-state index contributed by atoms with van der Waals surface area (Å²) in [6.45, 7) is 0.266. The van der Waals surface area contributed by atoms with Gasteiger partial charge in [0, 0.05) is 36.6 Å². The lowest BCUT2D eigenvalue weighted by atomic mass is 10.1. The summed E-state index contributed by atoms with van der Waals surface area (Å²) in [4.78, 5) is 22.0. The summed E-state index contributed by atoms with van der Waals surface area (Å²) in [6, 6.07) is 7.99. The van der Waals surface area contributed by atoms with E-state index in [1.54, 1.807) is 24.5 Å². The monoisotopic (exact) mass is 374 g/mol. The third-order valence-corrected chi connectivity index (χ3v) is 4.36. The number of carbonyl (C=O) groups excluding carboxylic acids is 1. The van der Waals surface area contributed by atoms with Crippen LogP contribution in [0, 0.1) is 0 Å². The summed E-state index contributed by atoms with van der Waals surface area (Å²) in [6.07, 6.45) is -1.05. The van der Waals surface area contributed by atoms with Crippen LogP contribution < -0.4 is 4.90 Å². The summed E-state index contributed by atoms with van der Waals surface area (Å²) in [5.74, 6) is 0.198. The molecule has 27 heavy (non-hydrogen) atoms. The zero-order valence-corrected chi connectivity index (χ0v) is 13.8. The highest BCUT2D eigenvalue weighted by molar-refractivity contribution is 5.96. The highest BCUT2D eigenvalue weighted by Crippen LogP contribution is 2.34. The normalized spacial score (nSPS) is 17.5. The van der Waals surface area contributed by atoms with Gasteiger partial charge in [0.05, 0.1) is 11.5 Å². The van der Waals surface area contributed by atoms with E-state index in [-0.39, 0.29) is 24.8 Å². The molecule has 2 aromatic heterocycles. The van der Waals surface area contributed by atoms with E-state index in [1.165, 1.54) is 17.0 Å². The Kier molecular flexibility index (Phi) is 4.14. The first kappa shape index (κ1) is 17.2. The Morgan fingerprint density at radius 2 is 1.78 bits per heavy atom. The third-order valence-electron chi connectivity index (χ3n) is 4.36. The number of alkyl halides is 3. The summed E-state index contributed by atoms with van der Waals surface area (Å²) in [5.41, 5.74) is 0.390. The summed E-state index contributed by atoms with van der Waals surface area (Å²) in [5, 5.41) is 3.92. The van der Waals surface area contributed by atoms with E-state index in [0.29, 0.717) is 17.4 Å². The number of hydrogen-bond donors (Lipinski definition) is 0. The van der Waals surface area contributed by atoms with Gasteiger partial charge in [0.15, 0.2) is 0 Å². The van der Waals surface area contributed by atoms with E-state index in [0.717, 1.165) is 17.7 Å². The van der Waals surface area contributed by atoms with Crippen molar-refractivity contribution in [1.82, 2.24) is 15.1 Å². The summed E-state index contributed by atoms with van der Waals surface area (Å²) >= 11 is 0. The van der Waals surface area contributed by atoms with Crippen molar-refractivity contribution in [3.63, 3.8) is 0 Å². The van der Waals surface area contributed by atoms with Crippen LogP contribution >= 0.6 is 0 Å². The van der Waals surface area contributed by atoms with Crippen molar-refractivity contribution in [3.8, 4) is 11.4 Å². The average Bonchev–Trinajstić information content (AvgIpc) is 3.29. The molecule has 1 saturated heterocycles. The van der Waals surface area contributed by atoms with Crippen LogP contribution in [0.4, 0.5) is 18.9 Å². The largest absolute Gasteiger partial charge is 0.416 e. The Morgan fingerprint density at radius 3 is 2.44 bits per heavy atom. The highest BCUT2D eigenvalue weighted by atomic mass is 19.4. The van der Waals surface area contributed by atoms with Crippen LogP contribution in [0.3, 0.4) is 0 Å². The summed E-state index contributed by atoms with van der Waals surface area (Å²) < 4.78 is 43.4. The number of halogens is 3. The number of aromatic nitrogens is 3. The predicted octanol–water partition coefficient (Wildman–Crippen LogP) is 3.67. The van der Waals surface area contributed by atoms with Crippen molar-refractivity contribution in [2.24, 2.45) is 0 Å². The molecule has 4 rings (SSSR count). The molecular weight excluding hydrogens is 361 g/mol. The van der Waals surface area contributed by atoms with Crippen LogP contribution in [0.15, 0.2) is 53.3 Å². The zero-order valence-electron chi connectivity index (χ0n) is 13.8. The Labute approximate surface area is 151 Å². The Hall–Kier alpha value is -3.23. The van der Waals surface area contributed by atoms with Crippen molar-refractivity contribution in [1.29, 1.82) is 0 Å². The molecule has 6 nitrogen and oxygen atoms in total. The van der Waals surface area contributed by atoms with Gasteiger partial charge in [0.2, 0.25) is 17.6 Å². The molecule has 138 valence electrons. The lowest BCUT2D eigenvalue weighted by molar-refractivity contribution is -0.137. The van der Waals surface area contributed by atoms with Crippen LogP contribution in [-0.4, -0.2) is 27.6 Å². The Bertz CT molecular complexity index is 955. The molecule has 0 spiro atoms. The minimum Gasteiger partial charge on any atom is -0.339 e. The maximum absolute atomic E-state index is 12.7. The lowest BCUT2D eigenvalue weighted by Crippen LogP contribution is -2.24. The highest BCUT2D eigenvalue weighted by Gasteiger charge is 2.36. The van der Waals surface area contributed by atoms with E-state index < -0.39 is 11.7 Å². The molecule has 0 bridgehead atoms. The van der Waals surface area contributed by atoms with Gasteiger partial charge in [0.25, 0.3) is 0 Å². The van der Waals surface area contributed by atoms with E-state index in [4.69, 9.17) is 4.52 Å². The van der Waals surface area contributed by atoms with Crippen LogP contribution in [0.25, 0.3) is 11.4 Å². The van der Waals surface area contributed by atoms with Crippen LogP contribution in [0.2, 0.25) is 0 Å². The minimum atomic E-state index is -4.41. The number of carbonyl (C=O) groups is 1. The fourth-order valence-electron chi connectivity index (χ4n) is 2.97. The number of rotatable bonds is 3. The molecule has 9 heteroatoms. The lowest BCUT2D eigenvalue weighted by Gasteiger charge is -2.17. The Balaban J connectivity index is 1.52. The van der Waals surface area contributed by atoms with Gasteiger partial charge in [-0.3, -0.25) is 9.78 Å². The number of anilines is 1. The van der Waals surface area contributed by atoms with Crippen LogP contribution in [0.1, 0.15) is 23.8 Å². The fraction of sp³-hybridized carbons (Fsp3) is 0.222. The maximum Gasteiger partial charge on any atom is 0.416 e. The molecule has 0 radical (unpaired) electrons. The van der Waals surface area contributed by atoms with Gasteiger partial charge in [0.1, 0.15) is 0 Å². The van der Waals surface area contributed by atoms with E-state index >= 15 is 0 Å². The first-order valence-corrected chi connectivity index (χ1v) is 8.13. The topological polar surface area (TPSA) is 72.1 Å². The molecule has 1 aliphatic rings. The molecule has 1 fully saturated rings. The summed E-state index contributed by atoms with van der Waals surface area (Å²) in [7, 11) is 0. The molecule has 1 aromatic carbocycles. The molecule has 1 unspecified atom stereocenters. The second kappa shape index (κ2) is 6.49. The molecular formula is C18H13F3N4O2. The molecule has 0 N–H and O–H groups in total. The molecule has 0 saturated carbocycles. The number of hydrogen-bond acceptors (Lipinski definition) is 5. The standard InChI is InChI=1S/C18H13F3N4O2/c19-18(20,21)13-1-3-14(4-2-13)25-10-12(9-15(25)26)17-23-16(24-27-17)11-5-7-22-8-6-11/h1-8,12H,9-10H2. The molecule has 1 amide bonds. The molecule has 3 heterocycles. The van der Waals surface area contributed by atoms with Crippen LogP contribution in [0.5, 0.6) is 0 Å². The smallest absolute Gasteiger partial charge is 0.339 e. The zero-order chi connectivity index (χ0) is 19.0. The van der Waals surface area contributed by atoms with Gasteiger partial charge < -0.3 is 9.42 Å². The third kappa shape index (κ3) is 3.40. The number of amides is 1. The van der Waals surface area contributed by atoms with Gasteiger partial charge in [-0.1, -0.05) is 5.16 Å². The van der Waals surface area contributed by atoms with Gasteiger partial charge in [-0.25, -0.2) is 0 Å². The molecule has 3 aromatic rings. The van der Waals surface area contributed by atoms with E-state index in [9.17, 15) is 18.0 Å². The van der Waals surface area contributed by atoms with Crippen LogP contribution in [-0.2, 0) is 11.0 Å². The second-order valence-electron chi connectivity index (χ2n) is 6.14. The molecule has 1 aliphatic heterocycles. The molecule has 0 aliphatic carbocycles. The van der Waals surface area contributed by atoms with Gasteiger partial charge in [-0.05, 0) is 36.4 Å². The first-order chi connectivity index (χ1) is 12.9. The van der Waals surface area contributed by atoms with Crippen molar-refractivity contribution in [2.45, 2.75) is 18.5 Å². The van der Waals surface area contributed by atoms with Crippen molar-refractivity contribution in [2.75, 3.05) is 11.4 Å². The van der Waals surface area contributed by atoms with E-state index in [1.807, 2.05) is 0 Å². The maximum atomic E-state index is 12.7. The molecule has 1 atom stereocenters. The second-order valence-corrected chi connectivity index (χ2v) is 6.14. The van der Waals surface area contributed by atoms with Gasteiger partial charge in [-0.15, -0.1) is 0 Å². The predicted molar refractivity (Wildman–Crippen MR) is 88.7 cm³/mol. The number of pyridine rings is 1. The average molecular weight is 374 g/mol. The fourth-order valence-corrected chi connectivity index (χ4v) is 2.97. The number of benzene rings is 1. The Morgan fingerprint density at radius 1 is 1.07 bits per heavy atom. The SMILES string of the molecule is O=C1CC(c2nc(-c3ccncc3)no2)CN1c1ccc(C(F)(F)F)cc1. The quantitative estimate of drug-likeness (QED) is 0.699. The van der Waals surface area contributed by atoms with E-state index in [2.05, 4.69) is 15.1 Å². The van der Waals surface area contributed by atoms with Gasteiger partial charge >= 0.3 is 6.18 Å². The van der Waals surface area contributed by atoms with Crippen molar-refractivity contribution < 1.29 is 22.5 Å². The van der Waals surface area contributed by atoms with Crippen molar-refractivity contribution >= 4 is 11.6 Å². The first-order valence-electron chi connectivity index (χ1n) is 8.13.